The van der Waals surface area contributed by atoms with Gasteiger partial charge in [0.25, 0.3) is 5.56 Å². The first kappa shape index (κ1) is 24.1. The first-order chi connectivity index (χ1) is 13.8. The molecule has 0 aliphatic heterocycles. The van der Waals surface area contributed by atoms with Crippen LogP contribution in [0.4, 0.5) is 0 Å². The number of H-pyrrole nitrogens is 1. The summed E-state index contributed by atoms with van der Waals surface area (Å²) in [6.07, 6.45) is 4.43. The predicted molar refractivity (Wildman–Crippen MR) is 113 cm³/mol. The summed E-state index contributed by atoms with van der Waals surface area (Å²) in [6, 6.07) is 1.12. The van der Waals surface area contributed by atoms with Gasteiger partial charge >= 0.3 is 0 Å². The van der Waals surface area contributed by atoms with Crippen molar-refractivity contribution in [1.29, 1.82) is 0 Å². The van der Waals surface area contributed by atoms with Gasteiger partial charge in [-0.3, -0.25) is 19.4 Å². The molecule has 1 atom stereocenters. The minimum atomic E-state index is -3.64. The summed E-state index contributed by atoms with van der Waals surface area (Å²) >= 11 is 0. The van der Waals surface area contributed by atoms with Crippen molar-refractivity contribution in [3.05, 3.63) is 44.9 Å². The molecule has 0 spiro atoms. The molecule has 12 heteroatoms. The molecule has 0 aromatic carbocycles. The number of allylic oxidation sites excluding steroid dienone is 3. The number of hydrogen-bond acceptors (Lipinski definition) is 8. The maximum Gasteiger partial charge on any atom is 0.267 e. The number of ketones is 1. The molecule has 0 bridgehead atoms. The lowest BCUT2D eigenvalue weighted by atomic mass is 9.77. The highest BCUT2D eigenvalue weighted by atomic mass is 32.2. The van der Waals surface area contributed by atoms with Crippen molar-refractivity contribution in [3.63, 3.8) is 0 Å². The van der Waals surface area contributed by atoms with Crippen LogP contribution in [-0.4, -0.2) is 70.9 Å². The average molecular weight is 462 g/mol. The van der Waals surface area contributed by atoms with Crippen molar-refractivity contribution in [2.75, 3.05) is 38.5 Å². The molecule has 1 aromatic rings. The second kappa shape index (κ2) is 8.90. The molecule has 168 valence electrons. The summed E-state index contributed by atoms with van der Waals surface area (Å²) in [4.78, 5) is 25.4. The second-order valence-electron chi connectivity index (χ2n) is 7.35. The maximum absolute atomic E-state index is 13.4. The molecule has 0 saturated heterocycles. The number of methoxy groups -OCH3 is 1. The third kappa shape index (κ3) is 5.49. The Morgan fingerprint density at radius 3 is 2.47 bits per heavy atom. The van der Waals surface area contributed by atoms with E-state index in [4.69, 9.17) is 4.74 Å². The Kier molecular flexibility index (Phi) is 7.15. The van der Waals surface area contributed by atoms with Gasteiger partial charge in [-0.2, -0.15) is 0 Å². The summed E-state index contributed by atoms with van der Waals surface area (Å²) in [5.41, 5.74) is -1.79. The first-order valence-corrected chi connectivity index (χ1v) is 13.2. The number of rotatable bonds is 10. The Bertz CT molecular complexity index is 1140. The van der Waals surface area contributed by atoms with Crippen molar-refractivity contribution in [3.8, 4) is 0 Å². The van der Waals surface area contributed by atoms with Crippen LogP contribution in [0.25, 0.3) is 0 Å². The fraction of sp³-hybridized carbons (Fsp3) is 0.556. The number of carbonyl (C=O) groups excluding carboxylic acids is 1. The van der Waals surface area contributed by atoms with E-state index in [2.05, 4.69) is 10.4 Å². The van der Waals surface area contributed by atoms with Crippen LogP contribution >= 0.6 is 0 Å². The Morgan fingerprint density at radius 2 is 1.97 bits per heavy atom. The topological polar surface area (TPSA) is 144 Å². The van der Waals surface area contributed by atoms with E-state index < -0.39 is 42.2 Å². The highest BCUT2D eigenvalue weighted by Crippen LogP contribution is 2.38. The van der Waals surface area contributed by atoms with Gasteiger partial charge in [-0.15, -0.1) is 0 Å². The summed E-state index contributed by atoms with van der Waals surface area (Å²) in [6.45, 7) is 2.58. The molecule has 0 radical (unpaired) electrons. The fourth-order valence-corrected chi connectivity index (χ4v) is 5.61. The van der Waals surface area contributed by atoms with Gasteiger partial charge in [0.1, 0.15) is 15.5 Å². The van der Waals surface area contributed by atoms with Gasteiger partial charge in [0.15, 0.2) is 15.6 Å². The van der Waals surface area contributed by atoms with Crippen LogP contribution in [0.1, 0.15) is 23.8 Å². The Balaban J connectivity index is 2.58. The van der Waals surface area contributed by atoms with Gasteiger partial charge < -0.3 is 10.1 Å². The van der Waals surface area contributed by atoms with Gasteiger partial charge in [-0.05, 0) is 13.0 Å². The molecule has 0 fully saturated rings. The number of ether oxygens (including phenoxy) is 1. The van der Waals surface area contributed by atoms with Crippen molar-refractivity contribution < 1.29 is 26.4 Å². The van der Waals surface area contributed by atoms with Crippen molar-refractivity contribution >= 4 is 25.5 Å². The lowest BCUT2D eigenvalue weighted by Gasteiger charge is -2.33. The van der Waals surface area contributed by atoms with Crippen LogP contribution in [0.3, 0.4) is 0 Å². The molecule has 1 aromatic heterocycles. The van der Waals surface area contributed by atoms with Crippen LogP contribution in [-0.2, 0) is 31.0 Å². The fourth-order valence-electron chi connectivity index (χ4n) is 3.44. The third-order valence-electron chi connectivity index (χ3n) is 4.71. The van der Waals surface area contributed by atoms with Crippen LogP contribution in [0.5, 0.6) is 0 Å². The van der Waals surface area contributed by atoms with Crippen molar-refractivity contribution in [2.24, 2.45) is 5.41 Å². The van der Waals surface area contributed by atoms with Gasteiger partial charge in [-0.25, -0.2) is 16.8 Å². The number of sulfone groups is 2. The van der Waals surface area contributed by atoms with E-state index in [1.54, 1.807) is 6.92 Å². The van der Waals surface area contributed by atoms with Gasteiger partial charge in [0, 0.05) is 50.9 Å². The number of aromatic nitrogens is 2. The Labute approximate surface area is 175 Å². The quantitative estimate of drug-likeness (QED) is 0.362. The Morgan fingerprint density at radius 1 is 1.30 bits per heavy atom. The standard InChI is InChI=1S/C18H27N3O7S2/c1-5-21-16(22)10-13(20-21)17(23)18(12-29(3,24)25)7-6-15(30(4,26)27)14(11-18)19-8-9-28-2/h6-7,10,19-20H,5,8-9,11-12H2,1-4H3. The SMILES string of the molecule is CCn1[nH]c(C(=O)C2(CS(C)(=O)=O)C=CC(S(C)(=O)=O)=C(NCCOC)C2)cc1=O. The first-order valence-electron chi connectivity index (χ1n) is 9.20. The van der Waals surface area contributed by atoms with E-state index in [1.807, 2.05) is 0 Å². The molecule has 1 heterocycles. The predicted octanol–water partition coefficient (Wildman–Crippen LogP) is -0.138. The monoisotopic (exact) mass is 461 g/mol. The van der Waals surface area contributed by atoms with E-state index in [0.29, 0.717) is 6.54 Å². The Hall–Kier alpha value is -2.18. The molecule has 2 N–H and O–H groups in total. The molecule has 1 aliphatic carbocycles. The second-order valence-corrected chi connectivity index (χ2v) is 11.5. The minimum Gasteiger partial charge on any atom is -0.385 e. The largest absolute Gasteiger partial charge is 0.385 e. The number of nitrogens with zero attached hydrogens (tertiary/aromatic N) is 1. The van der Waals surface area contributed by atoms with E-state index in [0.717, 1.165) is 18.6 Å². The van der Waals surface area contributed by atoms with Crippen LogP contribution in [0, 0.1) is 5.41 Å². The molecule has 10 nitrogen and oxygen atoms in total. The molecule has 1 aliphatic rings. The molecular weight excluding hydrogens is 434 g/mol. The molecule has 30 heavy (non-hydrogen) atoms. The molecule has 0 amide bonds. The molecule has 0 saturated carbocycles. The lowest BCUT2D eigenvalue weighted by molar-refractivity contribution is 0.0861. The normalized spacial score (nSPS) is 19.9. The zero-order valence-corrected chi connectivity index (χ0v) is 19.0. The van der Waals surface area contributed by atoms with Crippen molar-refractivity contribution in [2.45, 2.75) is 19.9 Å². The molecular formula is C18H27N3O7S2. The van der Waals surface area contributed by atoms with Crippen LogP contribution in [0.2, 0.25) is 0 Å². The molecule has 2 rings (SSSR count). The van der Waals surface area contributed by atoms with E-state index in [-0.39, 0.29) is 35.9 Å². The average Bonchev–Trinajstić information content (AvgIpc) is 2.99. The highest BCUT2D eigenvalue weighted by Gasteiger charge is 2.44. The van der Waals surface area contributed by atoms with Gasteiger partial charge in [0.2, 0.25) is 0 Å². The zero-order valence-electron chi connectivity index (χ0n) is 17.4. The number of Topliss-reactive ketones (excluding diaryl/α,β-unsaturated/α-hetero) is 1. The number of hydrogen-bond donors (Lipinski definition) is 2. The number of nitrogens with one attached hydrogen (secondary N) is 2. The van der Waals surface area contributed by atoms with Crippen LogP contribution in [0.15, 0.2) is 33.6 Å². The molecule has 1 unspecified atom stereocenters. The summed E-state index contributed by atoms with van der Waals surface area (Å²) in [5, 5.41) is 5.65. The van der Waals surface area contributed by atoms with E-state index in [1.165, 1.54) is 23.9 Å². The maximum atomic E-state index is 13.4. The minimum absolute atomic E-state index is 0.0184. The van der Waals surface area contributed by atoms with Crippen molar-refractivity contribution in [1.82, 2.24) is 15.1 Å². The number of aryl methyl sites for hydroxylation is 1. The summed E-state index contributed by atoms with van der Waals surface area (Å²) in [5.74, 6) is -1.15. The van der Waals surface area contributed by atoms with E-state index >= 15 is 0 Å². The highest BCUT2D eigenvalue weighted by molar-refractivity contribution is 7.94. The van der Waals surface area contributed by atoms with Gasteiger partial charge in [0.05, 0.1) is 22.7 Å². The van der Waals surface area contributed by atoms with Gasteiger partial charge in [-0.1, -0.05) is 6.08 Å². The third-order valence-corrected chi connectivity index (χ3v) is 6.93. The van der Waals surface area contributed by atoms with E-state index in [9.17, 15) is 26.4 Å². The smallest absolute Gasteiger partial charge is 0.267 e. The lowest BCUT2D eigenvalue weighted by Crippen LogP contribution is -2.41. The van der Waals surface area contributed by atoms with Crippen LogP contribution < -0.4 is 10.9 Å². The number of aromatic amines is 1. The summed E-state index contributed by atoms with van der Waals surface area (Å²) < 4.78 is 55.0. The number of carbonyl (C=O) groups is 1. The summed E-state index contributed by atoms with van der Waals surface area (Å²) in [7, 11) is -5.79. The zero-order chi connectivity index (χ0) is 22.7.